The highest BCUT2D eigenvalue weighted by molar-refractivity contribution is 5.52. The number of hydrogen-bond acceptors (Lipinski definition) is 5. The van der Waals surface area contributed by atoms with Gasteiger partial charge in [0.15, 0.2) is 0 Å². The van der Waals surface area contributed by atoms with E-state index >= 15 is 0 Å². The van der Waals surface area contributed by atoms with Crippen molar-refractivity contribution in [1.29, 1.82) is 0 Å². The van der Waals surface area contributed by atoms with Crippen LogP contribution in [-0.4, -0.2) is 5.60 Å². The first-order valence-corrected chi connectivity index (χ1v) is 5.92. The SMILES string of the molecule is N.[O-][Cl+3]([O-])([O-])OC12C3C4C5C3C1C5C42. The predicted molar refractivity (Wildman–Crippen MR) is 33.3 cm³/mol. The lowest BCUT2D eigenvalue weighted by Gasteiger charge is -3.03. The summed E-state index contributed by atoms with van der Waals surface area (Å²) < 4.78 is 36.3. The average Bonchev–Trinajstić information content (AvgIpc) is 2.02. The van der Waals surface area contributed by atoms with Gasteiger partial charge < -0.3 is 6.15 Å². The van der Waals surface area contributed by atoms with Crippen LogP contribution in [0.15, 0.2) is 0 Å². The molecule has 6 aliphatic rings. The summed E-state index contributed by atoms with van der Waals surface area (Å²) in [6.07, 6.45) is 0. The van der Waals surface area contributed by atoms with Crippen LogP contribution in [0.3, 0.4) is 0 Å². The lowest BCUT2D eigenvalue weighted by Crippen LogP contribution is -3.09. The molecular weight excluding hydrogens is 210 g/mol. The summed E-state index contributed by atoms with van der Waals surface area (Å²) in [7, 11) is -4.20. The third-order valence-electron chi connectivity index (χ3n) is 5.61. The molecule has 0 aromatic carbocycles. The smallest absolute Gasteiger partial charge is 0.233 e. The Morgan fingerprint density at radius 3 is 1.64 bits per heavy atom. The fraction of sp³-hybridized carbons (Fsp3) is 1.00. The van der Waals surface area contributed by atoms with Crippen LogP contribution < -0.4 is 20.1 Å². The van der Waals surface area contributed by atoms with Gasteiger partial charge >= 0.3 is 0 Å². The molecule has 6 saturated carbocycles. The molecule has 0 unspecified atom stereocenters. The molecule has 6 aliphatic carbocycles. The second-order valence-electron chi connectivity index (χ2n) is 5.20. The monoisotopic (exact) mass is 219 g/mol. The summed E-state index contributed by atoms with van der Waals surface area (Å²) in [5.74, 6) is 4.51. The van der Waals surface area contributed by atoms with Gasteiger partial charge in [0.1, 0.15) is 0 Å². The second-order valence-corrected chi connectivity index (χ2v) is 6.11. The van der Waals surface area contributed by atoms with E-state index in [4.69, 9.17) is 4.29 Å². The van der Waals surface area contributed by atoms with Gasteiger partial charge in [-0.05, 0) is 23.7 Å². The van der Waals surface area contributed by atoms with Crippen molar-refractivity contribution < 1.29 is 28.5 Å². The zero-order valence-electron chi connectivity index (χ0n) is 7.26. The van der Waals surface area contributed by atoms with Crippen LogP contribution in [0, 0.1) is 51.7 Å². The Hall–Kier alpha value is 0.0900. The van der Waals surface area contributed by atoms with Gasteiger partial charge in [-0.2, -0.15) is 14.0 Å². The molecule has 0 radical (unpaired) electrons. The topological polar surface area (TPSA) is 113 Å². The van der Waals surface area contributed by atoms with Crippen LogP contribution in [0.5, 0.6) is 0 Å². The molecule has 78 valence electrons. The molecule has 0 atom stereocenters. The van der Waals surface area contributed by atoms with E-state index in [9.17, 15) is 14.0 Å². The van der Waals surface area contributed by atoms with Gasteiger partial charge in [0.05, 0.1) is 14.5 Å². The lowest BCUT2D eigenvalue weighted by molar-refractivity contribution is -1.92. The normalized spacial score (nSPS) is 72.6. The van der Waals surface area contributed by atoms with E-state index in [1.165, 1.54) is 0 Å². The van der Waals surface area contributed by atoms with E-state index < -0.39 is 15.8 Å². The largest absolute Gasteiger partial charge is 0.344 e. The zero-order valence-corrected chi connectivity index (χ0v) is 8.02. The first kappa shape index (κ1) is 8.27. The third kappa shape index (κ3) is 0.412. The van der Waals surface area contributed by atoms with Crippen molar-refractivity contribution in [2.45, 2.75) is 5.60 Å². The summed E-state index contributed by atoms with van der Waals surface area (Å²) in [5, 5.41) is 0. The Balaban J connectivity index is 0.000000578. The molecule has 0 aromatic rings. The van der Waals surface area contributed by atoms with Crippen LogP contribution in [-0.2, 0) is 4.29 Å². The minimum atomic E-state index is -4.20. The first-order chi connectivity index (χ1) is 6.07. The van der Waals surface area contributed by atoms with Gasteiger partial charge in [-0.15, -0.1) is 0 Å². The van der Waals surface area contributed by atoms with Gasteiger partial charge in [0.2, 0.25) is 5.60 Å². The molecule has 5 nitrogen and oxygen atoms in total. The van der Waals surface area contributed by atoms with Crippen molar-refractivity contribution in [3.05, 3.63) is 0 Å². The van der Waals surface area contributed by atoms with E-state index in [0.29, 0.717) is 17.8 Å². The maximum atomic E-state index is 10.5. The van der Waals surface area contributed by atoms with E-state index in [1.807, 2.05) is 0 Å². The summed E-state index contributed by atoms with van der Waals surface area (Å²) in [5.41, 5.74) is -0.461. The summed E-state index contributed by atoms with van der Waals surface area (Å²) in [6.45, 7) is 0. The van der Waals surface area contributed by atoms with Crippen LogP contribution in [0.4, 0.5) is 0 Å². The maximum Gasteiger partial charge on any atom is 0.233 e. The van der Waals surface area contributed by atoms with Crippen molar-refractivity contribution in [1.82, 2.24) is 6.15 Å². The maximum absolute atomic E-state index is 10.5. The molecule has 14 heavy (non-hydrogen) atoms. The second kappa shape index (κ2) is 1.65. The van der Waals surface area contributed by atoms with Gasteiger partial charge in [-0.1, -0.05) is 0 Å². The van der Waals surface area contributed by atoms with Crippen molar-refractivity contribution in [2.24, 2.45) is 41.4 Å². The molecule has 0 bridgehead atoms. The van der Waals surface area contributed by atoms with E-state index in [1.54, 1.807) is 0 Å². The Morgan fingerprint density at radius 2 is 1.29 bits per heavy atom. The van der Waals surface area contributed by atoms with Gasteiger partial charge in [0, 0.05) is 17.8 Å². The number of hydrogen-bond donors (Lipinski definition) is 1. The molecular formula is C8H10ClNO4. The predicted octanol–water partition coefficient (Wildman–Crippen LogP) is -2.82. The summed E-state index contributed by atoms with van der Waals surface area (Å²) >= 11 is 0. The molecule has 0 aliphatic heterocycles. The fourth-order valence-corrected chi connectivity index (χ4v) is 6.28. The molecule has 6 heteroatoms. The third-order valence-corrected chi connectivity index (χ3v) is 6.07. The molecule has 3 N–H and O–H groups in total. The summed E-state index contributed by atoms with van der Waals surface area (Å²) in [6, 6.07) is 0. The van der Waals surface area contributed by atoms with Gasteiger partial charge in [-0.3, -0.25) is 0 Å². The van der Waals surface area contributed by atoms with Crippen molar-refractivity contribution in [3.8, 4) is 0 Å². The average molecular weight is 220 g/mol. The highest BCUT2D eigenvalue weighted by atomic mass is 35.7. The van der Waals surface area contributed by atoms with Crippen molar-refractivity contribution in [3.63, 3.8) is 0 Å². The first-order valence-electron chi connectivity index (χ1n) is 4.69. The van der Waals surface area contributed by atoms with Crippen LogP contribution in [0.1, 0.15) is 0 Å². The Kier molecular flexibility index (Phi) is 0.972. The Labute approximate surface area is 82.4 Å². The molecule has 0 saturated heterocycles. The minimum Gasteiger partial charge on any atom is -0.344 e. The lowest BCUT2D eigenvalue weighted by atomic mass is 8.99. The Bertz CT molecular complexity index is 303. The van der Waals surface area contributed by atoms with Gasteiger partial charge in [-0.25, -0.2) is 0 Å². The Morgan fingerprint density at radius 1 is 0.857 bits per heavy atom. The highest BCUT2D eigenvalue weighted by Gasteiger charge is 3.09. The van der Waals surface area contributed by atoms with Crippen LogP contribution >= 0.6 is 0 Å². The molecule has 6 fully saturated rings. The van der Waals surface area contributed by atoms with Crippen molar-refractivity contribution >= 4 is 0 Å². The molecule has 0 heterocycles. The molecule has 0 aromatic heterocycles. The molecule has 0 amide bonds. The van der Waals surface area contributed by atoms with Crippen LogP contribution in [0.2, 0.25) is 0 Å². The zero-order chi connectivity index (χ0) is 8.75. The minimum absolute atomic E-state index is 0. The van der Waals surface area contributed by atoms with E-state index in [-0.39, 0.29) is 6.15 Å². The number of rotatable bonds is 2. The quantitative estimate of drug-likeness (QED) is 0.538. The fourth-order valence-electron chi connectivity index (χ4n) is 5.64. The van der Waals surface area contributed by atoms with E-state index in [2.05, 4.69) is 0 Å². The number of halogens is 1. The standard InChI is InChI=1S/C8H7ClO4.H3N/c10-9(11,12)13-8-5-2-1-3(5)7(8)4(1)6(2)8;/h1-7H;1H3. The van der Waals surface area contributed by atoms with Crippen LogP contribution in [0.25, 0.3) is 0 Å². The summed E-state index contributed by atoms with van der Waals surface area (Å²) in [4.78, 5) is 0. The molecule has 6 rings (SSSR count). The van der Waals surface area contributed by atoms with Crippen molar-refractivity contribution in [2.75, 3.05) is 0 Å². The van der Waals surface area contributed by atoms with E-state index in [0.717, 1.165) is 23.7 Å². The highest BCUT2D eigenvalue weighted by Crippen LogP contribution is 3.03. The van der Waals surface area contributed by atoms with Gasteiger partial charge in [0.25, 0.3) is 0 Å². The molecule has 0 spiro atoms.